The van der Waals surface area contributed by atoms with Crippen molar-refractivity contribution in [3.8, 4) is 28.3 Å². The second-order valence-electron chi connectivity index (χ2n) is 11.2. The zero-order chi connectivity index (χ0) is 30.4. The molecule has 0 saturated heterocycles. The van der Waals surface area contributed by atoms with Gasteiger partial charge in [-0.05, 0) is 100 Å². The summed E-state index contributed by atoms with van der Waals surface area (Å²) in [6.07, 6.45) is 3.37. The lowest BCUT2D eigenvalue weighted by Crippen LogP contribution is -2.24. The van der Waals surface area contributed by atoms with Crippen LogP contribution >= 0.6 is 11.8 Å². The number of fused-ring (bicyclic) bond motifs is 5. The van der Waals surface area contributed by atoms with E-state index in [0.717, 1.165) is 24.0 Å². The van der Waals surface area contributed by atoms with E-state index in [2.05, 4.69) is 104 Å². The average Bonchev–Trinajstić information content (AvgIpc) is 3.34. The molecule has 5 aromatic rings. The van der Waals surface area contributed by atoms with Crippen LogP contribution in [-0.2, 0) is 10.2 Å². The molecule has 0 amide bonds. The number of hydrogen-bond donors (Lipinski definition) is 1. The maximum absolute atomic E-state index is 11.3. The summed E-state index contributed by atoms with van der Waals surface area (Å²) in [7, 11) is 0. The van der Waals surface area contributed by atoms with Crippen molar-refractivity contribution in [2.45, 2.75) is 41.9 Å². The van der Waals surface area contributed by atoms with E-state index in [1.54, 1.807) is 6.07 Å². The minimum atomic E-state index is -1.22. The Morgan fingerprint density at radius 2 is 1.36 bits per heavy atom. The van der Waals surface area contributed by atoms with Crippen LogP contribution in [0, 0.1) is 11.3 Å². The van der Waals surface area contributed by atoms with Crippen LogP contribution in [0.15, 0.2) is 125 Å². The van der Waals surface area contributed by atoms with E-state index in [9.17, 15) is 9.90 Å². The molecule has 214 valence electrons. The van der Waals surface area contributed by atoms with Crippen molar-refractivity contribution < 1.29 is 9.90 Å². The molecule has 0 spiro atoms. The topological polar surface area (TPSA) is 64.3 Å². The number of benzene rings is 5. The number of carboxylic acid groups (broad SMARTS) is 1. The summed E-state index contributed by atoms with van der Waals surface area (Å²) >= 11 is 1.83. The number of aliphatic carboxylic acids is 1. The van der Waals surface area contributed by atoms with Gasteiger partial charge >= 0.3 is 5.97 Å². The van der Waals surface area contributed by atoms with E-state index in [0.29, 0.717) is 5.56 Å². The Kier molecular flexibility index (Phi) is 6.88. The van der Waals surface area contributed by atoms with Gasteiger partial charge in [0.05, 0.1) is 11.4 Å². The van der Waals surface area contributed by atoms with Crippen LogP contribution < -0.4 is 4.90 Å². The molecule has 0 fully saturated rings. The molecular formula is C39H30N2O2S. The van der Waals surface area contributed by atoms with Crippen molar-refractivity contribution in [3.05, 3.63) is 131 Å². The quantitative estimate of drug-likeness (QED) is 0.154. The summed E-state index contributed by atoms with van der Waals surface area (Å²) < 4.78 is 0. The molecule has 44 heavy (non-hydrogen) atoms. The molecule has 4 nitrogen and oxygen atoms in total. The molecule has 2 aliphatic rings. The monoisotopic (exact) mass is 590 g/mol. The van der Waals surface area contributed by atoms with Gasteiger partial charge in [-0.15, -0.1) is 0 Å². The molecule has 7 rings (SSSR count). The molecule has 1 aliphatic heterocycles. The predicted octanol–water partition coefficient (Wildman–Crippen LogP) is 10.4. The molecule has 1 heterocycles. The minimum Gasteiger partial charge on any atom is -0.477 e. The Balaban J connectivity index is 1.31. The number of nitrogens with zero attached hydrogens (tertiary/aromatic N) is 2. The molecule has 1 aliphatic carbocycles. The normalized spacial score (nSPS) is 14.2. The van der Waals surface area contributed by atoms with Gasteiger partial charge in [-0.25, -0.2) is 4.79 Å². The number of para-hydroxylation sites is 2. The molecule has 1 N–H and O–H groups in total. The number of carboxylic acids is 1. The molecule has 0 bridgehead atoms. The van der Waals surface area contributed by atoms with E-state index in [1.807, 2.05) is 36.0 Å². The first-order chi connectivity index (χ1) is 21.5. The zero-order valence-electron chi connectivity index (χ0n) is 24.5. The van der Waals surface area contributed by atoms with Gasteiger partial charge < -0.3 is 10.0 Å². The van der Waals surface area contributed by atoms with Crippen molar-refractivity contribution >= 4 is 40.9 Å². The number of rotatable bonds is 6. The predicted molar refractivity (Wildman–Crippen MR) is 179 cm³/mol. The Morgan fingerprint density at radius 1 is 0.795 bits per heavy atom. The van der Waals surface area contributed by atoms with Crippen LogP contribution in [0.25, 0.3) is 28.3 Å². The van der Waals surface area contributed by atoms with Gasteiger partial charge in [-0.1, -0.05) is 92.3 Å². The van der Waals surface area contributed by atoms with Crippen LogP contribution in [0.4, 0.5) is 17.1 Å². The van der Waals surface area contributed by atoms with Gasteiger partial charge in [-0.3, -0.25) is 0 Å². The standard InChI is InChI=1S/C39H30N2O2S/c1-3-39(4-2)32-22-27(26-15-13-25(14-16-26)21-28(24-40)38(42)43)17-19-30(32)31-20-18-29(23-33(31)39)41-34-9-5-7-11-36(34)44-37-12-8-6-10-35(37)41/h5-23H,3-4H2,1-2H3,(H,42,43)/b28-21-. The Labute approximate surface area is 261 Å². The summed E-state index contributed by atoms with van der Waals surface area (Å²) in [5.74, 6) is -1.22. The van der Waals surface area contributed by atoms with Crippen LogP contribution in [0.2, 0.25) is 0 Å². The fourth-order valence-electron chi connectivity index (χ4n) is 6.88. The summed E-state index contributed by atoms with van der Waals surface area (Å²) in [4.78, 5) is 16.2. The van der Waals surface area contributed by atoms with Crippen molar-refractivity contribution in [2.75, 3.05) is 4.90 Å². The van der Waals surface area contributed by atoms with Crippen molar-refractivity contribution in [3.63, 3.8) is 0 Å². The van der Waals surface area contributed by atoms with Crippen molar-refractivity contribution in [1.29, 1.82) is 5.26 Å². The lowest BCUT2D eigenvalue weighted by Gasteiger charge is -2.34. The van der Waals surface area contributed by atoms with E-state index in [-0.39, 0.29) is 11.0 Å². The van der Waals surface area contributed by atoms with Gasteiger partial charge in [0, 0.05) is 20.9 Å². The van der Waals surface area contributed by atoms with E-state index in [4.69, 9.17) is 5.26 Å². The number of anilines is 3. The average molecular weight is 591 g/mol. The molecule has 0 radical (unpaired) electrons. The highest BCUT2D eigenvalue weighted by atomic mass is 32.2. The zero-order valence-corrected chi connectivity index (χ0v) is 25.4. The van der Waals surface area contributed by atoms with Gasteiger partial charge in [0.1, 0.15) is 11.6 Å². The highest BCUT2D eigenvalue weighted by Crippen LogP contribution is 2.56. The summed E-state index contributed by atoms with van der Waals surface area (Å²) in [5, 5.41) is 18.3. The van der Waals surface area contributed by atoms with Gasteiger partial charge in [0.15, 0.2) is 0 Å². The Hall–Kier alpha value is -5.05. The Morgan fingerprint density at radius 3 is 1.95 bits per heavy atom. The maximum Gasteiger partial charge on any atom is 0.346 e. The highest BCUT2D eigenvalue weighted by molar-refractivity contribution is 7.99. The van der Waals surface area contributed by atoms with Crippen LogP contribution in [-0.4, -0.2) is 11.1 Å². The largest absolute Gasteiger partial charge is 0.477 e. The fraction of sp³-hybridized carbons (Fsp3) is 0.128. The molecule has 0 atom stereocenters. The third-order valence-electron chi connectivity index (χ3n) is 9.15. The molecular weight excluding hydrogens is 561 g/mol. The second kappa shape index (κ2) is 10.9. The number of carbonyl (C=O) groups is 1. The number of nitriles is 1. The van der Waals surface area contributed by atoms with Crippen LogP contribution in [0.3, 0.4) is 0 Å². The van der Waals surface area contributed by atoms with Gasteiger partial charge in [-0.2, -0.15) is 5.26 Å². The smallest absolute Gasteiger partial charge is 0.346 e. The second-order valence-corrected chi connectivity index (χ2v) is 12.3. The summed E-state index contributed by atoms with van der Waals surface area (Å²) in [6, 6.07) is 40.5. The lowest BCUT2D eigenvalue weighted by molar-refractivity contribution is -0.132. The molecule has 0 unspecified atom stereocenters. The summed E-state index contributed by atoms with van der Waals surface area (Å²) in [6.45, 7) is 4.58. The van der Waals surface area contributed by atoms with Crippen molar-refractivity contribution in [1.82, 2.24) is 0 Å². The van der Waals surface area contributed by atoms with E-state index < -0.39 is 5.97 Å². The van der Waals surface area contributed by atoms with Crippen LogP contribution in [0.1, 0.15) is 43.4 Å². The van der Waals surface area contributed by atoms with Gasteiger partial charge in [0.25, 0.3) is 0 Å². The molecule has 0 aromatic heterocycles. The SMILES string of the molecule is CCC1(CC)c2cc(-c3ccc(/C=C(/C#N)C(=O)O)cc3)ccc2-c2ccc(N3c4ccccc4Sc4ccccc43)cc21. The summed E-state index contributed by atoms with van der Waals surface area (Å²) in [5.41, 5.74) is 11.3. The van der Waals surface area contributed by atoms with E-state index >= 15 is 0 Å². The molecule has 5 aromatic carbocycles. The van der Waals surface area contributed by atoms with Gasteiger partial charge in [0.2, 0.25) is 0 Å². The first-order valence-electron chi connectivity index (χ1n) is 14.9. The maximum atomic E-state index is 11.3. The fourth-order valence-corrected chi connectivity index (χ4v) is 7.93. The van der Waals surface area contributed by atoms with Crippen LogP contribution in [0.5, 0.6) is 0 Å². The third-order valence-corrected chi connectivity index (χ3v) is 10.3. The minimum absolute atomic E-state index is 0.119. The molecule has 0 saturated carbocycles. The Bertz CT molecular complexity index is 1970. The van der Waals surface area contributed by atoms with E-state index in [1.165, 1.54) is 55.2 Å². The first kappa shape index (κ1) is 27.8. The highest BCUT2D eigenvalue weighted by Gasteiger charge is 2.41. The lowest BCUT2D eigenvalue weighted by atomic mass is 9.73. The third kappa shape index (κ3) is 4.34. The van der Waals surface area contributed by atoms with Crippen molar-refractivity contribution in [2.24, 2.45) is 0 Å². The first-order valence-corrected chi connectivity index (χ1v) is 15.7. The number of hydrogen-bond acceptors (Lipinski definition) is 4. The molecule has 5 heteroatoms.